The molecule has 1 aromatic carbocycles. The Morgan fingerprint density at radius 2 is 1.96 bits per heavy atom. The van der Waals surface area contributed by atoms with Crippen LogP contribution in [0.5, 0.6) is 0 Å². The number of ketones is 1. The Balaban J connectivity index is 1.88. The predicted molar refractivity (Wildman–Crippen MR) is 101 cm³/mol. The van der Waals surface area contributed by atoms with E-state index in [1.54, 1.807) is 0 Å². The van der Waals surface area contributed by atoms with Crippen molar-refractivity contribution in [2.75, 3.05) is 20.6 Å². The van der Waals surface area contributed by atoms with Crippen molar-refractivity contribution >= 4 is 23.5 Å². The monoisotopic (exact) mass is 343 g/mol. The topological polar surface area (TPSA) is 20.3 Å². The van der Waals surface area contributed by atoms with Gasteiger partial charge in [-0.2, -0.15) is 0 Å². The summed E-state index contributed by atoms with van der Waals surface area (Å²) in [6, 6.07) is 7.73. The van der Waals surface area contributed by atoms with Crippen molar-refractivity contribution in [3.05, 3.63) is 52.1 Å². The van der Waals surface area contributed by atoms with E-state index < -0.39 is 0 Å². The third-order valence-corrected chi connectivity index (χ3v) is 5.65. The molecule has 1 atom stereocenters. The van der Waals surface area contributed by atoms with Crippen LogP contribution in [0.4, 0.5) is 0 Å². The van der Waals surface area contributed by atoms with Crippen LogP contribution in [0.1, 0.15) is 44.1 Å². The first-order chi connectivity index (χ1) is 11.5. The highest BCUT2D eigenvalue weighted by Gasteiger charge is 2.47. The number of hydrogen-bond acceptors (Lipinski definition) is 2. The molecule has 3 heteroatoms. The second-order valence-electron chi connectivity index (χ2n) is 7.31. The number of rotatable bonds is 5. The fourth-order valence-electron chi connectivity index (χ4n) is 4.01. The molecular formula is C21H26ClNO. The van der Waals surface area contributed by atoms with Gasteiger partial charge in [0, 0.05) is 5.02 Å². The van der Waals surface area contributed by atoms with Gasteiger partial charge in [0.25, 0.3) is 0 Å². The van der Waals surface area contributed by atoms with Crippen LogP contribution < -0.4 is 0 Å². The molecule has 0 N–H and O–H groups in total. The number of Topliss-reactive ketones (excluding diaryl/α,β-unsaturated/α-hetero) is 1. The summed E-state index contributed by atoms with van der Waals surface area (Å²) in [4.78, 5) is 15.5. The molecule has 2 nitrogen and oxygen atoms in total. The smallest absolute Gasteiger partial charge is 0.169 e. The lowest BCUT2D eigenvalue weighted by Crippen LogP contribution is -2.32. The average Bonchev–Trinajstić information content (AvgIpc) is 3.19. The van der Waals surface area contributed by atoms with Crippen LogP contribution in [0.2, 0.25) is 5.02 Å². The van der Waals surface area contributed by atoms with Crippen molar-refractivity contribution in [3.63, 3.8) is 0 Å². The van der Waals surface area contributed by atoms with Gasteiger partial charge in [-0.1, -0.05) is 35.4 Å². The molecule has 0 amide bonds. The zero-order chi connectivity index (χ0) is 17.2. The lowest BCUT2D eigenvalue weighted by molar-refractivity contribution is -0.121. The quantitative estimate of drug-likeness (QED) is 0.545. The number of benzene rings is 1. The summed E-state index contributed by atoms with van der Waals surface area (Å²) in [6.45, 7) is 0.956. The van der Waals surface area contributed by atoms with Crippen molar-refractivity contribution in [2.24, 2.45) is 5.41 Å². The van der Waals surface area contributed by atoms with Crippen LogP contribution in [-0.4, -0.2) is 31.3 Å². The minimum atomic E-state index is -0.251. The molecule has 3 rings (SSSR count). The van der Waals surface area contributed by atoms with Crippen LogP contribution in [0.3, 0.4) is 0 Å². The molecule has 1 aromatic rings. The Labute approximate surface area is 150 Å². The highest BCUT2D eigenvalue weighted by molar-refractivity contribution is 6.30. The average molecular weight is 344 g/mol. The van der Waals surface area contributed by atoms with Crippen LogP contribution >= 0.6 is 11.6 Å². The molecule has 24 heavy (non-hydrogen) atoms. The van der Waals surface area contributed by atoms with Gasteiger partial charge in [-0.05, 0) is 88.5 Å². The molecule has 0 aromatic heterocycles. The maximum atomic E-state index is 13.3. The van der Waals surface area contributed by atoms with Crippen LogP contribution in [0, 0.1) is 5.41 Å². The number of carbonyl (C=O) groups is 1. The Bertz CT molecular complexity index is 672. The van der Waals surface area contributed by atoms with Gasteiger partial charge in [0.2, 0.25) is 0 Å². The van der Waals surface area contributed by atoms with E-state index >= 15 is 0 Å². The molecule has 0 bridgehead atoms. The third kappa shape index (κ3) is 3.50. The zero-order valence-corrected chi connectivity index (χ0v) is 15.4. The largest absolute Gasteiger partial charge is 0.309 e. The van der Waals surface area contributed by atoms with Gasteiger partial charge in [0.1, 0.15) is 0 Å². The lowest BCUT2D eigenvalue weighted by Gasteiger charge is -2.30. The summed E-state index contributed by atoms with van der Waals surface area (Å²) in [6.07, 6.45) is 10.6. The van der Waals surface area contributed by atoms with Gasteiger partial charge in [-0.3, -0.25) is 4.79 Å². The van der Waals surface area contributed by atoms with E-state index in [0.29, 0.717) is 5.78 Å². The molecule has 0 radical (unpaired) electrons. The van der Waals surface area contributed by atoms with Crippen molar-refractivity contribution in [1.29, 1.82) is 0 Å². The van der Waals surface area contributed by atoms with E-state index in [4.69, 9.17) is 11.6 Å². The number of halogens is 1. The summed E-state index contributed by atoms with van der Waals surface area (Å²) in [5.74, 6) is 0.354. The maximum absolute atomic E-state index is 13.3. The third-order valence-electron chi connectivity index (χ3n) is 5.40. The van der Waals surface area contributed by atoms with Crippen LogP contribution in [0.25, 0.3) is 6.08 Å². The molecule has 0 heterocycles. The second-order valence-corrected chi connectivity index (χ2v) is 7.74. The molecule has 2 aliphatic rings. The summed E-state index contributed by atoms with van der Waals surface area (Å²) in [5.41, 5.74) is 3.18. The first kappa shape index (κ1) is 17.4. The van der Waals surface area contributed by atoms with E-state index in [0.717, 1.165) is 54.8 Å². The highest BCUT2D eigenvalue weighted by atomic mass is 35.5. The minimum Gasteiger partial charge on any atom is -0.309 e. The molecule has 1 fully saturated rings. The van der Waals surface area contributed by atoms with E-state index in [2.05, 4.69) is 31.1 Å². The highest BCUT2D eigenvalue weighted by Crippen LogP contribution is 2.50. The normalized spacial score (nSPS) is 25.8. The fourth-order valence-corrected chi connectivity index (χ4v) is 4.13. The minimum absolute atomic E-state index is 0.251. The standard InChI is InChI=1S/C21H26ClNO/c1-23(2)14-13-21(18-5-3-4-6-18)12-11-17(20(21)24)15-16-7-9-19(22)10-8-16/h5,7-10,15H,3-4,6,11-14H2,1-2H3/b17-15+. The number of allylic oxidation sites excluding steroid dienone is 3. The van der Waals surface area contributed by atoms with E-state index in [1.165, 1.54) is 12.0 Å². The van der Waals surface area contributed by atoms with Crippen molar-refractivity contribution in [3.8, 4) is 0 Å². The fraction of sp³-hybridized carbons (Fsp3) is 0.476. The molecule has 1 saturated carbocycles. The molecule has 2 aliphatic carbocycles. The van der Waals surface area contributed by atoms with Crippen molar-refractivity contribution < 1.29 is 4.79 Å². The van der Waals surface area contributed by atoms with E-state index in [9.17, 15) is 4.79 Å². The Kier molecular flexibility index (Phi) is 5.27. The molecule has 0 saturated heterocycles. The summed E-state index contributed by atoms with van der Waals surface area (Å²) in [7, 11) is 4.17. The van der Waals surface area contributed by atoms with E-state index in [1.807, 2.05) is 24.3 Å². The molecule has 0 spiro atoms. The lowest BCUT2D eigenvalue weighted by atomic mass is 9.74. The molecule has 0 aliphatic heterocycles. The van der Waals surface area contributed by atoms with E-state index in [-0.39, 0.29) is 5.41 Å². The maximum Gasteiger partial charge on any atom is 0.169 e. The summed E-state index contributed by atoms with van der Waals surface area (Å²) < 4.78 is 0. The van der Waals surface area contributed by atoms with Crippen LogP contribution in [-0.2, 0) is 4.79 Å². The molecule has 1 unspecified atom stereocenters. The Hall–Kier alpha value is -1.38. The van der Waals surface area contributed by atoms with Gasteiger partial charge in [-0.25, -0.2) is 0 Å². The molecular weight excluding hydrogens is 318 g/mol. The summed E-state index contributed by atoms with van der Waals surface area (Å²) in [5, 5.41) is 0.728. The number of nitrogens with zero attached hydrogens (tertiary/aromatic N) is 1. The van der Waals surface area contributed by atoms with Gasteiger partial charge in [0.15, 0.2) is 5.78 Å². The molecule has 128 valence electrons. The second kappa shape index (κ2) is 7.25. The SMILES string of the molecule is CN(C)CCC1(C2=CCCC2)CC/C(=C\c2ccc(Cl)cc2)C1=O. The zero-order valence-electron chi connectivity index (χ0n) is 14.6. The predicted octanol–water partition coefficient (Wildman–Crippen LogP) is 5.13. The first-order valence-corrected chi connectivity index (χ1v) is 9.24. The van der Waals surface area contributed by atoms with Crippen molar-refractivity contribution in [2.45, 2.75) is 38.5 Å². The van der Waals surface area contributed by atoms with Crippen molar-refractivity contribution in [1.82, 2.24) is 4.90 Å². The van der Waals surface area contributed by atoms with Gasteiger partial charge in [0.05, 0.1) is 5.41 Å². The van der Waals surface area contributed by atoms with Gasteiger partial charge >= 0.3 is 0 Å². The Morgan fingerprint density at radius 1 is 1.21 bits per heavy atom. The number of carbonyl (C=O) groups excluding carboxylic acids is 1. The Morgan fingerprint density at radius 3 is 2.58 bits per heavy atom. The summed E-state index contributed by atoms with van der Waals surface area (Å²) >= 11 is 5.96. The van der Waals surface area contributed by atoms with Gasteiger partial charge in [-0.15, -0.1) is 0 Å². The first-order valence-electron chi connectivity index (χ1n) is 8.86. The number of hydrogen-bond donors (Lipinski definition) is 0. The van der Waals surface area contributed by atoms with Gasteiger partial charge < -0.3 is 4.90 Å². The van der Waals surface area contributed by atoms with Crippen LogP contribution in [0.15, 0.2) is 41.5 Å².